The summed E-state index contributed by atoms with van der Waals surface area (Å²) in [4.78, 5) is 72.7. The quantitative estimate of drug-likeness (QED) is 0.0222. The van der Waals surface area contributed by atoms with Gasteiger partial charge in [-0.15, -0.1) is 0 Å². The molecule has 0 saturated heterocycles. The van der Waals surface area contributed by atoms with E-state index in [1.54, 1.807) is 0 Å². The van der Waals surface area contributed by atoms with Gasteiger partial charge in [0.15, 0.2) is 12.2 Å². The van der Waals surface area contributed by atoms with Gasteiger partial charge in [-0.1, -0.05) is 375 Å². The molecular weight excluding hydrogens is 1310 g/mol. The number of esters is 4. The van der Waals surface area contributed by atoms with Gasteiger partial charge in [-0.25, -0.2) is 9.13 Å². The van der Waals surface area contributed by atoms with E-state index < -0.39 is 97.5 Å². The second kappa shape index (κ2) is 72.6. The van der Waals surface area contributed by atoms with Gasteiger partial charge in [0.2, 0.25) is 0 Å². The molecule has 0 bridgehead atoms. The molecule has 100 heavy (non-hydrogen) atoms. The fourth-order valence-electron chi connectivity index (χ4n) is 12.5. The molecule has 19 heteroatoms. The van der Waals surface area contributed by atoms with Gasteiger partial charge < -0.3 is 33.8 Å². The van der Waals surface area contributed by atoms with Crippen molar-refractivity contribution in [1.82, 2.24) is 0 Å². The van der Waals surface area contributed by atoms with Crippen molar-refractivity contribution in [3.8, 4) is 0 Å². The van der Waals surface area contributed by atoms with Crippen LogP contribution in [0.25, 0.3) is 0 Å². The monoisotopic (exact) mass is 1470 g/mol. The standard InChI is InChI=1S/C81H158O17P2/c1-7-9-11-13-14-15-16-17-18-19-20-21-22-23-24-25-32-37-42-47-53-59-66-81(86)98-77(70-92-79(84)64-58-52-46-41-36-31-27-26-29-34-39-44-50-55-61-73(3)4)72-96-100(89,90)94-68-75(82)67-93-99(87,88)95-71-76(69-91-78(83)63-57-49-12-10-8-2)97-80(85)65-60-54-48-43-38-33-28-30-35-40-45-51-56-62-74(5)6/h73-77,82H,7-72H2,1-6H3,(H,87,88)(H,89,90)/t75-,76+,77+/m0/s1. The third kappa shape index (κ3) is 74.3. The van der Waals surface area contributed by atoms with E-state index in [2.05, 4.69) is 41.5 Å². The second-order valence-corrected chi connectivity index (χ2v) is 33.0. The van der Waals surface area contributed by atoms with E-state index in [0.717, 1.165) is 108 Å². The SMILES string of the molecule is CCCCCCCCCCCCCCCCCCCCCCCCC(=O)O[C@H](COC(=O)CCCCCCCCCCCCCCCCC(C)C)COP(=O)(O)OC[C@@H](O)COP(=O)(O)OC[C@@H](COC(=O)CCCCCCC)OC(=O)CCCCCCCCCCCCCCCC(C)C. The van der Waals surface area contributed by atoms with Crippen molar-refractivity contribution >= 4 is 39.5 Å². The van der Waals surface area contributed by atoms with Crippen LogP contribution >= 0.6 is 15.6 Å². The first-order valence-corrected chi connectivity index (χ1v) is 45.0. The summed E-state index contributed by atoms with van der Waals surface area (Å²) in [5.74, 6) is -0.535. The van der Waals surface area contributed by atoms with Crippen molar-refractivity contribution in [1.29, 1.82) is 0 Å². The predicted molar refractivity (Wildman–Crippen MR) is 409 cm³/mol. The second-order valence-electron chi connectivity index (χ2n) is 30.1. The lowest BCUT2D eigenvalue weighted by Crippen LogP contribution is -2.30. The van der Waals surface area contributed by atoms with E-state index in [-0.39, 0.29) is 25.7 Å². The molecule has 5 atom stereocenters. The smallest absolute Gasteiger partial charge is 0.462 e. The van der Waals surface area contributed by atoms with Crippen LogP contribution in [0.1, 0.15) is 427 Å². The predicted octanol–water partition coefficient (Wildman–Crippen LogP) is 24.3. The number of hydrogen-bond acceptors (Lipinski definition) is 15. The van der Waals surface area contributed by atoms with Gasteiger partial charge >= 0.3 is 39.5 Å². The van der Waals surface area contributed by atoms with Crippen molar-refractivity contribution in [3.63, 3.8) is 0 Å². The summed E-state index contributed by atoms with van der Waals surface area (Å²) in [6, 6.07) is 0. The molecular formula is C81H158O17P2. The highest BCUT2D eigenvalue weighted by molar-refractivity contribution is 7.47. The van der Waals surface area contributed by atoms with E-state index in [1.807, 2.05) is 0 Å². The van der Waals surface area contributed by atoms with Crippen molar-refractivity contribution in [2.75, 3.05) is 39.6 Å². The van der Waals surface area contributed by atoms with Crippen LogP contribution in [0.5, 0.6) is 0 Å². The lowest BCUT2D eigenvalue weighted by molar-refractivity contribution is -0.161. The third-order valence-electron chi connectivity index (χ3n) is 19.0. The normalized spacial score (nSPS) is 13.9. The molecule has 0 aromatic carbocycles. The molecule has 0 aromatic heterocycles. The third-order valence-corrected chi connectivity index (χ3v) is 20.9. The van der Waals surface area contributed by atoms with Crippen LogP contribution < -0.4 is 0 Å². The summed E-state index contributed by atoms with van der Waals surface area (Å²) in [7, 11) is -9.91. The van der Waals surface area contributed by atoms with Gasteiger partial charge in [-0.2, -0.15) is 0 Å². The molecule has 0 amide bonds. The van der Waals surface area contributed by atoms with E-state index in [4.69, 9.17) is 37.0 Å². The zero-order chi connectivity index (χ0) is 73.5. The minimum Gasteiger partial charge on any atom is -0.462 e. The highest BCUT2D eigenvalue weighted by Crippen LogP contribution is 2.45. The van der Waals surface area contributed by atoms with Gasteiger partial charge in [0.1, 0.15) is 19.3 Å². The largest absolute Gasteiger partial charge is 0.472 e. The maximum absolute atomic E-state index is 13.1. The maximum atomic E-state index is 13.1. The molecule has 17 nitrogen and oxygen atoms in total. The Labute approximate surface area is 613 Å². The number of phosphoric acid groups is 2. The Bertz CT molecular complexity index is 1920. The molecule has 0 rings (SSSR count). The Kier molecular flexibility index (Phi) is 71.2. The van der Waals surface area contributed by atoms with E-state index in [1.165, 1.54) is 238 Å². The summed E-state index contributed by atoms with van der Waals surface area (Å²) < 4.78 is 68.5. The number of carbonyl (C=O) groups is 4. The van der Waals surface area contributed by atoms with Crippen molar-refractivity contribution in [3.05, 3.63) is 0 Å². The van der Waals surface area contributed by atoms with Crippen LogP contribution in [0.3, 0.4) is 0 Å². The number of aliphatic hydroxyl groups is 1. The molecule has 0 saturated carbocycles. The first kappa shape index (κ1) is 98.1. The lowest BCUT2D eigenvalue weighted by atomic mass is 10.0. The number of ether oxygens (including phenoxy) is 4. The highest BCUT2D eigenvalue weighted by Gasteiger charge is 2.30. The Morgan fingerprint density at radius 2 is 0.460 bits per heavy atom. The zero-order valence-electron chi connectivity index (χ0n) is 65.5. The van der Waals surface area contributed by atoms with Gasteiger partial charge in [0.05, 0.1) is 26.4 Å². The van der Waals surface area contributed by atoms with Crippen LogP contribution in [0, 0.1) is 11.8 Å². The number of carbonyl (C=O) groups excluding carboxylic acids is 4. The number of hydrogen-bond donors (Lipinski definition) is 3. The average Bonchev–Trinajstić information content (AvgIpc) is 0.944. The Morgan fingerprint density at radius 3 is 0.680 bits per heavy atom. The topological polar surface area (TPSA) is 237 Å². The Morgan fingerprint density at radius 1 is 0.270 bits per heavy atom. The molecule has 0 aliphatic carbocycles. The van der Waals surface area contributed by atoms with E-state index in [9.17, 15) is 43.2 Å². The van der Waals surface area contributed by atoms with Gasteiger partial charge in [0, 0.05) is 25.7 Å². The van der Waals surface area contributed by atoms with Crippen LogP contribution in [-0.4, -0.2) is 96.7 Å². The lowest BCUT2D eigenvalue weighted by Gasteiger charge is -2.21. The number of rotatable bonds is 80. The first-order valence-electron chi connectivity index (χ1n) is 42.0. The van der Waals surface area contributed by atoms with Crippen LogP contribution in [0.2, 0.25) is 0 Å². The first-order chi connectivity index (χ1) is 48.4. The van der Waals surface area contributed by atoms with Crippen molar-refractivity contribution < 1.29 is 80.2 Å². The molecule has 3 N–H and O–H groups in total. The summed E-state index contributed by atoms with van der Waals surface area (Å²) in [5.41, 5.74) is 0. The average molecular weight is 1470 g/mol. The summed E-state index contributed by atoms with van der Waals surface area (Å²) in [5, 5.41) is 10.6. The summed E-state index contributed by atoms with van der Waals surface area (Å²) >= 11 is 0. The molecule has 0 aliphatic heterocycles. The van der Waals surface area contributed by atoms with Crippen LogP contribution in [0.4, 0.5) is 0 Å². The minimum atomic E-state index is -4.96. The molecule has 0 spiro atoms. The molecule has 0 fully saturated rings. The van der Waals surface area contributed by atoms with Crippen LogP contribution in [0.15, 0.2) is 0 Å². The molecule has 0 aliphatic rings. The highest BCUT2D eigenvalue weighted by atomic mass is 31.2. The number of unbranched alkanes of at least 4 members (excludes halogenated alkanes) is 50. The molecule has 0 radical (unpaired) electrons. The van der Waals surface area contributed by atoms with Gasteiger partial charge in [-0.3, -0.25) is 37.3 Å². The number of aliphatic hydroxyl groups excluding tert-OH is 1. The zero-order valence-corrected chi connectivity index (χ0v) is 67.3. The molecule has 0 heterocycles. The fraction of sp³-hybridized carbons (Fsp3) is 0.951. The fourth-order valence-corrected chi connectivity index (χ4v) is 14.1. The van der Waals surface area contributed by atoms with E-state index in [0.29, 0.717) is 25.7 Å². The summed E-state index contributed by atoms with van der Waals surface area (Å²) in [6.45, 7) is 9.58. The Balaban J connectivity index is 5.11. The van der Waals surface area contributed by atoms with Crippen molar-refractivity contribution in [2.24, 2.45) is 11.8 Å². The minimum absolute atomic E-state index is 0.106. The number of phosphoric ester groups is 2. The van der Waals surface area contributed by atoms with Crippen molar-refractivity contribution in [2.45, 2.75) is 445 Å². The van der Waals surface area contributed by atoms with E-state index >= 15 is 0 Å². The maximum Gasteiger partial charge on any atom is 0.472 e. The Hall–Kier alpha value is -1.94. The summed E-state index contributed by atoms with van der Waals surface area (Å²) in [6.07, 6.45) is 63.0. The molecule has 2 unspecified atom stereocenters. The van der Waals surface area contributed by atoms with Crippen LogP contribution in [-0.2, 0) is 65.4 Å². The van der Waals surface area contributed by atoms with Gasteiger partial charge in [0.25, 0.3) is 0 Å². The van der Waals surface area contributed by atoms with Gasteiger partial charge in [-0.05, 0) is 37.5 Å². The molecule has 594 valence electrons. The molecule has 0 aromatic rings.